The number of carbonyl (C=O) groups excluding carboxylic acids is 2. The zero-order valence-corrected chi connectivity index (χ0v) is 10.1. The van der Waals surface area contributed by atoms with Crippen LogP contribution >= 0.6 is 0 Å². The van der Waals surface area contributed by atoms with E-state index < -0.39 is 11.9 Å². The number of aromatic hydroxyl groups is 1. The van der Waals surface area contributed by atoms with E-state index in [9.17, 15) is 14.7 Å². The molecule has 6 nitrogen and oxygen atoms in total. The molecule has 98 valence electrons. The van der Waals surface area contributed by atoms with E-state index in [0.29, 0.717) is 5.56 Å². The van der Waals surface area contributed by atoms with Crippen LogP contribution in [0, 0.1) is 0 Å². The van der Waals surface area contributed by atoms with Gasteiger partial charge in [0, 0.05) is 0 Å². The number of esters is 2. The summed E-state index contributed by atoms with van der Waals surface area (Å²) in [5, 5.41) is 9.36. The van der Waals surface area contributed by atoms with Gasteiger partial charge in [0.1, 0.15) is 6.61 Å². The highest BCUT2D eigenvalue weighted by Crippen LogP contribution is 2.26. The van der Waals surface area contributed by atoms with Crippen molar-refractivity contribution in [3.63, 3.8) is 0 Å². The Bertz CT molecular complexity index is 440. The predicted molar refractivity (Wildman–Crippen MR) is 61.1 cm³/mol. The highest BCUT2D eigenvalue weighted by atomic mass is 16.6. The molecular weight excluding hydrogens is 240 g/mol. The van der Waals surface area contributed by atoms with Crippen molar-refractivity contribution < 1.29 is 28.9 Å². The molecule has 18 heavy (non-hydrogen) atoms. The van der Waals surface area contributed by atoms with Crippen LogP contribution < -0.4 is 4.74 Å². The first-order chi connectivity index (χ1) is 8.58. The summed E-state index contributed by atoms with van der Waals surface area (Å²) in [5.41, 5.74) is 0.585. The first kappa shape index (κ1) is 13.8. The molecule has 0 heterocycles. The van der Waals surface area contributed by atoms with Crippen molar-refractivity contribution >= 4 is 11.9 Å². The van der Waals surface area contributed by atoms with Crippen LogP contribution in [0.25, 0.3) is 0 Å². The van der Waals surface area contributed by atoms with Gasteiger partial charge in [0.25, 0.3) is 0 Å². The van der Waals surface area contributed by atoms with E-state index in [4.69, 9.17) is 9.47 Å². The van der Waals surface area contributed by atoms with Crippen molar-refractivity contribution in [2.75, 3.05) is 13.7 Å². The summed E-state index contributed by atoms with van der Waals surface area (Å²) >= 11 is 0. The van der Waals surface area contributed by atoms with Crippen molar-refractivity contribution in [1.82, 2.24) is 0 Å². The lowest BCUT2D eigenvalue weighted by Crippen LogP contribution is -2.20. The third-order valence-corrected chi connectivity index (χ3v) is 2.06. The van der Waals surface area contributed by atoms with Crippen molar-refractivity contribution in [3.8, 4) is 11.5 Å². The first-order valence-corrected chi connectivity index (χ1v) is 5.28. The molecule has 0 saturated heterocycles. The van der Waals surface area contributed by atoms with E-state index in [2.05, 4.69) is 4.74 Å². The molecule has 0 aliphatic carbocycles. The quantitative estimate of drug-likeness (QED) is 0.637. The number of hydrogen-bond acceptors (Lipinski definition) is 6. The minimum absolute atomic E-state index is 0.0158. The Morgan fingerprint density at radius 1 is 1.22 bits per heavy atom. The van der Waals surface area contributed by atoms with Gasteiger partial charge in [-0.25, -0.2) is 9.59 Å². The molecule has 0 amide bonds. The second kappa shape index (κ2) is 6.48. The highest BCUT2D eigenvalue weighted by molar-refractivity contribution is 6.29. The number of methoxy groups -OCH3 is 1. The summed E-state index contributed by atoms with van der Waals surface area (Å²) in [5.74, 6) is -1.83. The van der Waals surface area contributed by atoms with Crippen LogP contribution in [0.1, 0.15) is 12.5 Å². The second-order valence-electron chi connectivity index (χ2n) is 3.30. The standard InChI is InChI=1S/C12H14O6/c1-3-17-11(14)12(15)18-7-8-4-5-9(13)10(6-8)16-2/h4-6,13H,3,7H2,1-2H3. The maximum Gasteiger partial charge on any atom is 0.417 e. The molecule has 1 aromatic carbocycles. The number of benzene rings is 1. The number of hydrogen-bond donors (Lipinski definition) is 1. The molecule has 0 fully saturated rings. The predicted octanol–water partition coefficient (Wildman–Crippen LogP) is 1.01. The lowest BCUT2D eigenvalue weighted by Gasteiger charge is -2.07. The van der Waals surface area contributed by atoms with Crippen molar-refractivity contribution in [1.29, 1.82) is 0 Å². The summed E-state index contributed by atoms with van der Waals surface area (Å²) in [6.07, 6.45) is 0. The van der Waals surface area contributed by atoms with Crippen molar-refractivity contribution in [2.45, 2.75) is 13.5 Å². The molecule has 0 radical (unpaired) electrons. The summed E-state index contributed by atoms with van der Waals surface area (Å²) in [6, 6.07) is 4.47. The Morgan fingerprint density at radius 3 is 2.50 bits per heavy atom. The molecule has 0 bridgehead atoms. The molecule has 0 aromatic heterocycles. The van der Waals surface area contributed by atoms with Crippen LogP contribution in [0.5, 0.6) is 11.5 Å². The number of rotatable bonds is 4. The van der Waals surface area contributed by atoms with Gasteiger partial charge in [0.2, 0.25) is 0 Å². The smallest absolute Gasteiger partial charge is 0.417 e. The third-order valence-electron chi connectivity index (χ3n) is 2.06. The Kier molecular flexibility index (Phi) is 4.98. The third kappa shape index (κ3) is 3.65. The molecule has 1 rings (SSSR count). The van der Waals surface area contributed by atoms with Gasteiger partial charge >= 0.3 is 11.9 Å². The van der Waals surface area contributed by atoms with Crippen LogP contribution in [-0.4, -0.2) is 30.8 Å². The molecule has 0 aliphatic rings. The van der Waals surface area contributed by atoms with Crippen molar-refractivity contribution in [3.05, 3.63) is 23.8 Å². The van der Waals surface area contributed by atoms with Crippen LogP contribution in [0.2, 0.25) is 0 Å². The zero-order chi connectivity index (χ0) is 13.5. The fourth-order valence-corrected chi connectivity index (χ4v) is 1.21. The Morgan fingerprint density at radius 2 is 1.89 bits per heavy atom. The van der Waals surface area contributed by atoms with Crippen LogP contribution in [0.15, 0.2) is 18.2 Å². The summed E-state index contributed by atoms with van der Waals surface area (Å²) < 4.78 is 14.1. The first-order valence-electron chi connectivity index (χ1n) is 5.28. The molecule has 6 heteroatoms. The van der Waals surface area contributed by atoms with Crippen molar-refractivity contribution in [2.24, 2.45) is 0 Å². The summed E-state index contributed by atoms with van der Waals surface area (Å²) in [4.78, 5) is 22.1. The summed E-state index contributed by atoms with van der Waals surface area (Å²) in [7, 11) is 1.41. The van der Waals surface area contributed by atoms with Crippen LogP contribution in [0.4, 0.5) is 0 Å². The van der Waals surface area contributed by atoms with Gasteiger partial charge in [0.05, 0.1) is 13.7 Å². The molecule has 0 atom stereocenters. The molecule has 1 aromatic rings. The topological polar surface area (TPSA) is 82.1 Å². The monoisotopic (exact) mass is 254 g/mol. The van der Waals surface area contributed by atoms with E-state index in [0.717, 1.165) is 0 Å². The fraction of sp³-hybridized carbons (Fsp3) is 0.333. The van der Waals surface area contributed by atoms with E-state index >= 15 is 0 Å². The molecule has 0 aliphatic heterocycles. The van der Waals surface area contributed by atoms with Gasteiger partial charge in [-0.3, -0.25) is 0 Å². The minimum Gasteiger partial charge on any atom is -0.504 e. The normalized spacial score (nSPS) is 9.67. The van der Waals surface area contributed by atoms with Gasteiger partial charge in [0.15, 0.2) is 11.5 Å². The van der Waals surface area contributed by atoms with E-state index in [1.54, 1.807) is 13.0 Å². The zero-order valence-electron chi connectivity index (χ0n) is 10.1. The average Bonchev–Trinajstić information content (AvgIpc) is 2.37. The van der Waals surface area contributed by atoms with Gasteiger partial charge in [-0.2, -0.15) is 0 Å². The van der Waals surface area contributed by atoms with Crippen LogP contribution in [0.3, 0.4) is 0 Å². The number of ether oxygens (including phenoxy) is 3. The molecule has 0 spiro atoms. The molecule has 1 N–H and O–H groups in total. The molecule has 0 unspecified atom stereocenters. The Labute approximate surface area is 104 Å². The second-order valence-corrected chi connectivity index (χ2v) is 3.30. The number of phenols is 1. The fourth-order valence-electron chi connectivity index (χ4n) is 1.21. The van der Waals surface area contributed by atoms with Gasteiger partial charge in [-0.05, 0) is 24.6 Å². The molecular formula is C12H14O6. The summed E-state index contributed by atoms with van der Waals surface area (Å²) in [6.45, 7) is 1.60. The minimum atomic E-state index is -1.05. The Hall–Kier alpha value is -2.24. The largest absolute Gasteiger partial charge is 0.504 e. The molecule has 0 saturated carbocycles. The maximum absolute atomic E-state index is 11.2. The van der Waals surface area contributed by atoms with E-state index in [1.807, 2.05) is 0 Å². The number of carbonyl (C=O) groups is 2. The van der Waals surface area contributed by atoms with E-state index in [1.165, 1.54) is 19.2 Å². The van der Waals surface area contributed by atoms with Gasteiger partial charge < -0.3 is 19.3 Å². The van der Waals surface area contributed by atoms with Crippen LogP contribution in [-0.2, 0) is 25.7 Å². The maximum atomic E-state index is 11.2. The number of phenolic OH excluding ortho intramolecular Hbond substituents is 1. The SMILES string of the molecule is CCOC(=O)C(=O)OCc1ccc(O)c(OC)c1. The van der Waals surface area contributed by atoms with Gasteiger partial charge in [-0.1, -0.05) is 6.07 Å². The average molecular weight is 254 g/mol. The lowest BCUT2D eigenvalue weighted by molar-refractivity contribution is -0.168. The Balaban J connectivity index is 2.58. The highest BCUT2D eigenvalue weighted by Gasteiger charge is 2.16. The lowest BCUT2D eigenvalue weighted by atomic mass is 10.2. The van der Waals surface area contributed by atoms with Gasteiger partial charge in [-0.15, -0.1) is 0 Å². The van der Waals surface area contributed by atoms with E-state index in [-0.39, 0.29) is 24.7 Å².